The third kappa shape index (κ3) is 4.18. The summed E-state index contributed by atoms with van der Waals surface area (Å²) in [5, 5.41) is 0. The molecule has 1 aliphatic heterocycles. The van der Waals surface area contributed by atoms with Crippen LogP contribution in [0.3, 0.4) is 0 Å². The van der Waals surface area contributed by atoms with E-state index < -0.39 is 5.91 Å². The van der Waals surface area contributed by atoms with Crippen molar-refractivity contribution in [3.8, 4) is 5.75 Å². The third-order valence-electron chi connectivity index (χ3n) is 4.41. The molecule has 0 saturated heterocycles. The highest BCUT2D eigenvalue weighted by Crippen LogP contribution is 2.34. The number of nitrogens with two attached hydrogens (primary N) is 1. The van der Waals surface area contributed by atoms with Crippen LogP contribution in [0, 0.1) is 0 Å². The second kappa shape index (κ2) is 7.83. The average molecular weight is 338 g/mol. The van der Waals surface area contributed by atoms with Gasteiger partial charge in [0.2, 0.25) is 11.8 Å². The first-order valence-electron chi connectivity index (χ1n) is 8.48. The van der Waals surface area contributed by atoms with Crippen LogP contribution in [0.15, 0.2) is 54.6 Å². The van der Waals surface area contributed by atoms with Gasteiger partial charge in [0.1, 0.15) is 5.75 Å². The Bertz CT molecular complexity index is 746. The first-order valence-corrected chi connectivity index (χ1v) is 8.48. The van der Waals surface area contributed by atoms with Gasteiger partial charge in [0.15, 0.2) is 0 Å². The smallest absolute Gasteiger partial charge is 0.230 e. The summed E-state index contributed by atoms with van der Waals surface area (Å²) in [4.78, 5) is 26.1. The standard InChI is InChI=1S/C20H22N2O3/c21-19(23)10-12-22(14-15-6-2-1-3-7-15)20(24)17-11-13-25-18-9-5-4-8-16(17)18/h1-9,17H,10-14H2,(H2,21,23). The van der Waals surface area contributed by atoms with E-state index in [2.05, 4.69) is 0 Å². The van der Waals surface area contributed by atoms with Gasteiger partial charge in [0, 0.05) is 25.1 Å². The van der Waals surface area contributed by atoms with Crippen LogP contribution < -0.4 is 10.5 Å². The van der Waals surface area contributed by atoms with Gasteiger partial charge >= 0.3 is 0 Å². The molecule has 1 aliphatic rings. The molecule has 0 spiro atoms. The molecule has 5 nitrogen and oxygen atoms in total. The summed E-state index contributed by atoms with van der Waals surface area (Å²) in [7, 11) is 0. The van der Waals surface area contributed by atoms with Crippen LogP contribution in [0.4, 0.5) is 0 Å². The summed E-state index contributed by atoms with van der Waals surface area (Å²) in [6.07, 6.45) is 0.793. The van der Waals surface area contributed by atoms with E-state index in [0.29, 0.717) is 26.1 Å². The van der Waals surface area contributed by atoms with Gasteiger partial charge < -0.3 is 15.4 Å². The molecule has 25 heavy (non-hydrogen) atoms. The molecule has 0 fully saturated rings. The van der Waals surface area contributed by atoms with Gasteiger partial charge in [-0.25, -0.2) is 0 Å². The number of primary amides is 1. The Morgan fingerprint density at radius 3 is 2.56 bits per heavy atom. The largest absolute Gasteiger partial charge is 0.493 e. The van der Waals surface area contributed by atoms with E-state index in [1.165, 1.54) is 0 Å². The second-order valence-corrected chi connectivity index (χ2v) is 6.19. The van der Waals surface area contributed by atoms with Crippen LogP contribution >= 0.6 is 0 Å². The van der Waals surface area contributed by atoms with Gasteiger partial charge in [-0.15, -0.1) is 0 Å². The van der Waals surface area contributed by atoms with Gasteiger partial charge in [-0.1, -0.05) is 48.5 Å². The summed E-state index contributed by atoms with van der Waals surface area (Å²) in [6, 6.07) is 17.4. The maximum atomic E-state index is 13.2. The maximum absolute atomic E-state index is 13.2. The van der Waals surface area contributed by atoms with E-state index in [9.17, 15) is 9.59 Å². The molecule has 0 bridgehead atoms. The highest BCUT2D eigenvalue weighted by Gasteiger charge is 2.31. The molecule has 3 rings (SSSR count). The summed E-state index contributed by atoms with van der Waals surface area (Å²) < 4.78 is 5.66. The van der Waals surface area contributed by atoms with Crippen molar-refractivity contribution in [2.24, 2.45) is 5.73 Å². The normalized spacial score (nSPS) is 15.8. The summed E-state index contributed by atoms with van der Waals surface area (Å²) in [5.41, 5.74) is 7.23. The van der Waals surface area contributed by atoms with E-state index in [1.54, 1.807) is 4.90 Å². The molecule has 0 radical (unpaired) electrons. The number of para-hydroxylation sites is 1. The predicted octanol–water partition coefficient (Wildman–Crippen LogP) is 2.46. The van der Waals surface area contributed by atoms with Crippen molar-refractivity contribution in [1.29, 1.82) is 0 Å². The third-order valence-corrected chi connectivity index (χ3v) is 4.41. The Hall–Kier alpha value is -2.82. The van der Waals surface area contributed by atoms with E-state index in [-0.39, 0.29) is 18.2 Å². The second-order valence-electron chi connectivity index (χ2n) is 6.19. The van der Waals surface area contributed by atoms with Crippen molar-refractivity contribution < 1.29 is 14.3 Å². The zero-order chi connectivity index (χ0) is 17.6. The number of carbonyl (C=O) groups excluding carboxylic acids is 2. The van der Waals surface area contributed by atoms with Crippen LogP contribution in [0.2, 0.25) is 0 Å². The lowest BCUT2D eigenvalue weighted by atomic mass is 9.91. The van der Waals surface area contributed by atoms with Crippen molar-refractivity contribution in [3.63, 3.8) is 0 Å². The predicted molar refractivity (Wildman–Crippen MR) is 95.0 cm³/mol. The topological polar surface area (TPSA) is 72.6 Å². The zero-order valence-corrected chi connectivity index (χ0v) is 14.1. The van der Waals surface area contributed by atoms with E-state index in [1.807, 2.05) is 54.6 Å². The van der Waals surface area contributed by atoms with Crippen molar-refractivity contribution in [3.05, 3.63) is 65.7 Å². The minimum Gasteiger partial charge on any atom is -0.493 e. The average Bonchev–Trinajstić information content (AvgIpc) is 2.65. The minimum absolute atomic E-state index is 0.0147. The molecular weight excluding hydrogens is 316 g/mol. The Morgan fingerprint density at radius 1 is 1.08 bits per heavy atom. The van der Waals surface area contributed by atoms with Crippen molar-refractivity contribution in [1.82, 2.24) is 4.90 Å². The maximum Gasteiger partial charge on any atom is 0.230 e. The molecule has 1 heterocycles. The molecule has 2 aromatic carbocycles. The van der Waals surface area contributed by atoms with E-state index in [0.717, 1.165) is 16.9 Å². The van der Waals surface area contributed by atoms with Gasteiger partial charge in [-0.05, 0) is 18.1 Å². The number of benzene rings is 2. The lowest BCUT2D eigenvalue weighted by Gasteiger charge is -2.31. The Balaban J connectivity index is 1.82. The molecule has 130 valence electrons. The first kappa shape index (κ1) is 17.0. The fraction of sp³-hybridized carbons (Fsp3) is 0.300. The van der Waals surface area contributed by atoms with E-state index >= 15 is 0 Å². The molecule has 0 saturated carbocycles. The summed E-state index contributed by atoms with van der Waals surface area (Å²) in [5.74, 6) is 0.127. The summed E-state index contributed by atoms with van der Waals surface area (Å²) >= 11 is 0. The fourth-order valence-electron chi connectivity index (χ4n) is 3.14. The number of hydrogen-bond acceptors (Lipinski definition) is 3. The van der Waals surface area contributed by atoms with Gasteiger partial charge in [-0.2, -0.15) is 0 Å². The van der Waals surface area contributed by atoms with Crippen molar-refractivity contribution in [2.75, 3.05) is 13.2 Å². The Kier molecular flexibility index (Phi) is 5.33. The molecule has 1 unspecified atom stereocenters. The lowest BCUT2D eigenvalue weighted by Crippen LogP contribution is -2.38. The highest BCUT2D eigenvalue weighted by molar-refractivity contribution is 5.85. The van der Waals surface area contributed by atoms with Crippen LogP contribution in [0.1, 0.15) is 29.9 Å². The number of carbonyl (C=O) groups is 2. The number of hydrogen-bond donors (Lipinski definition) is 1. The van der Waals surface area contributed by atoms with Gasteiger partial charge in [-0.3, -0.25) is 9.59 Å². The lowest BCUT2D eigenvalue weighted by molar-refractivity contribution is -0.134. The molecular formula is C20H22N2O3. The van der Waals surface area contributed by atoms with Crippen LogP contribution in [-0.4, -0.2) is 29.9 Å². The SMILES string of the molecule is NC(=O)CCN(Cc1ccccc1)C(=O)C1CCOc2ccccc21. The van der Waals surface area contributed by atoms with Crippen LogP contribution in [0.5, 0.6) is 5.75 Å². The first-order chi connectivity index (χ1) is 12.1. The van der Waals surface area contributed by atoms with Crippen molar-refractivity contribution in [2.45, 2.75) is 25.3 Å². The van der Waals surface area contributed by atoms with E-state index in [4.69, 9.17) is 10.5 Å². The van der Waals surface area contributed by atoms with Crippen molar-refractivity contribution >= 4 is 11.8 Å². The summed E-state index contributed by atoms with van der Waals surface area (Å²) in [6.45, 7) is 1.30. The molecule has 0 aliphatic carbocycles. The van der Waals surface area contributed by atoms with Gasteiger partial charge in [0.25, 0.3) is 0 Å². The number of amides is 2. The molecule has 2 N–H and O–H groups in total. The monoisotopic (exact) mass is 338 g/mol. The molecule has 2 aromatic rings. The number of fused-ring (bicyclic) bond motifs is 1. The zero-order valence-electron chi connectivity index (χ0n) is 14.1. The van der Waals surface area contributed by atoms with Crippen LogP contribution in [-0.2, 0) is 16.1 Å². The number of ether oxygens (including phenoxy) is 1. The number of rotatable bonds is 6. The van der Waals surface area contributed by atoms with Gasteiger partial charge in [0.05, 0.1) is 12.5 Å². The van der Waals surface area contributed by atoms with Crippen LogP contribution in [0.25, 0.3) is 0 Å². The minimum atomic E-state index is -0.404. The quantitative estimate of drug-likeness (QED) is 0.879. The Labute approximate surface area is 147 Å². The molecule has 0 aromatic heterocycles. The number of nitrogens with zero attached hydrogens (tertiary/aromatic N) is 1. The molecule has 1 atom stereocenters. The fourth-order valence-corrected chi connectivity index (χ4v) is 3.14. The molecule has 2 amide bonds. The Morgan fingerprint density at radius 2 is 1.80 bits per heavy atom. The highest BCUT2D eigenvalue weighted by atomic mass is 16.5. The molecule has 5 heteroatoms.